The summed E-state index contributed by atoms with van der Waals surface area (Å²) >= 11 is 0. The molecular formula is C16H10N2O8. The Hall–Kier alpha value is -4.08. The highest BCUT2D eigenvalue weighted by Gasteiger charge is 2.18. The van der Waals surface area contributed by atoms with E-state index in [1.54, 1.807) is 0 Å². The van der Waals surface area contributed by atoms with E-state index in [9.17, 15) is 29.8 Å². The molecule has 2 N–H and O–H groups in total. The van der Waals surface area contributed by atoms with Gasteiger partial charge in [-0.25, -0.2) is 9.59 Å². The Labute approximate surface area is 144 Å². The molecule has 132 valence electrons. The summed E-state index contributed by atoms with van der Waals surface area (Å²) in [7, 11) is 0. The van der Waals surface area contributed by atoms with Crippen molar-refractivity contribution in [3.05, 3.63) is 78.9 Å². The van der Waals surface area contributed by atoms with Gasteiger partial charge in [-0.1, -0.05) is 0 Å². The number of hydrogen-bond acceptors (Lipinski definition) is 6. The molecule has 10 nitrogen and oxygen atoms in total. The zero-order valence-electron chi connectivity index (χ0n) is 12.9. The quantitative estimate of drug-likeness (QED) is 0.452. The van der Waals surface area contributed by atoms with Gasteiger partial charge < -0.3 is 10.2 Å². The van der Waals surface area contributed by atoms with Crippen molar-refractivity contribution in [2.24, 2.45) is 0 Å². The fraction of sp³-hybridized carbons (Fsp3) is 0. The molecule has 26 heavy (non-hydrogen) atoms. The predicted molar refractivity (Wildman–Crippen MR) is 89.0 cm³/mol. The molecule has 0 atom stereocenters. The van der Waals surface area contributed by atoms with E-state index in [0.29, 0.717) is 0 Å². The molecule has 0 heterocycles. The Bertz CT molecular complexity index is 887. The number of carbonyl (C=O) groups is 2. The first-order chi connectivity index (χ1) is 12.2. The summed E-state index contributed by atoms with van der Waals surface area (Å²) in [6, 6.07) is 6.49. The second-order valence-corrected chi connectivity index (χ2v) is 5.01. The Morgan fingerprint density at radius 1 is 0.769 bits per heavy atom. The SMILES string of the molecule is O=C(O)c1ccc(/C=C/c2ccc(C(=O)O)cc2[N+](=O)[O-])c([N+](=O)[O-])c1. The van der Waals surface area contributed by atoms with E-state index in [1.807, 2.05) is 0 Å². The molecule has 0 saturated heterocycles. The number of aromatic carboxylic acids is 2. The minimum atomic E-state index is -1.33. The minimum absolute atomic E-state index is 0.0385. The number of carboxylic acids is 2. The third-order valence-electron chi connectivity index (χ3n) is 3.39. The first kappa shape index (κ1) is 18.3. The van der Waals surface area contributed by atoms with Gasteiger partial charge in [-0.15, -0.1) is 0 Å². The maximum absolute atomic E-state index is 11.1. The highest BCUT2D eigenvalue weighted by Crippen LogP contribution is 2.26. The van der Waals surface area contributed by atoms with Crippen LogP contribution in [0, 0.1) is 20.2 Å². The summed E-state index contributed by atoms with van der Waals surface area (Å²) < 4.78 is 0. The van der Waals surface area contributed by atoms with Crippen LogP contribution in [0.15, 0.2) is 36.4 Å². The molecule has 0 unspecified atom stereocenters. The summed E-state index contributed by atoms with van der Waals surface area (Å²) in [6.07, 6.45) is 2.43. The van der Waals surface area contributed by atoms with Crippen molar-refractivity contribution in [1.29, 1.82) is 0 Å². The lowest BCUT2D eigenvalue weighted by molar-refractivity contribution is -0.385. The Morgan fingerprint density at radius 3 is 1.38 bits per heavy atom. The van der Waals surface area contributed by atoms with E-state index in [4.69, 9.17) is 10.2 Å². The fourth-order valence-corrected chi connectivity index (χ4v) is 2.13. The summed E-state index contributed by atoms with van der Waals surface area (Å²) in [6.45, 7) is 0. The van der Waals surface area contributed by atoms with Crippen molar-refractivity contribution in [3.8, 4) is 0 Å². The average molecular weight is 358 g/mol. The standard InChI is InChI=1S/C16H10N2O8/c19-15(20)11-5-3-9(13(7-11)17(23)24)1-2-10-4-6-12(16(21)22)8-14(10)18(25)26/h1-8H,(H,19,20)(H,21,22)/b2-1+. The molecule has 0 bridgehead atoms. The van der Waals surface area contributed by atoms with Gasteiger partial charge in [-0.3, -0.25) is 20.2 Å². The largest absolute Gasteiger partial charge is 0.478 e. The van der Waals surface area contributed by atoms with Crippen LogP contribution in [0.3, 0.4) is 0 Å². The van der Waals surface area contributed by atoms with Gasteiger partial charge in [0.2, 0.25) is 0 Å². The molecule has 0 fully saturated rings. The van der Waals surface area contributed by atoms with Gasteiger partial charge in [0, 0.05) is 12.1 Å². The fourth-order valence-electron chi connectivity index (χ4n) is 2.13. The van der Waals surface area contributed by atoms with Crippen LogP contribution in [0.25, 0.3) is 12.2 Å². The molecule has 2 aromatic rings. The van der Waals surface area contributed by atoms with Crippen LogP contribution in [0.4, 0.5) is 11.4 Å². The Balaban J connectivity index is 2.50. The second kappa shape index (κ2) is 7.21. The topological polar surface area (TPSA) is 161 Å². The summed E-state index contributed by atoms with van der Waals surface area (Å²) in [4.78, 5) is 42.5. The smallest absolute Gasteiger partial charge is 0.335 e. The summed E-state index contributed by atoms with van der Waals surface area (Å²) in [5.41, 5.74) is -1.43. The molecule has 2 rings (SSSR count). The van der Waals surface area contributed by atoms with Crippen molar-refractivity contribution < 1.29 is 29.6 Å². The third kappa shape index (κ3) is 3.87. The zero-order valence-corrected chi connectivity index (χ0v) is 12.9. The second-order valence-electron chi connectivity index (χ2n) is 5.01. The van der Waals surface area contributed by atoms with Gasteiger partial charge >= 0.3 is 11.9 Å². The van der Waals surface area contributed by atoms with E-state index in [1.165, 1.54) is 24.3 Å². The first-order valence-corrected chi connectivity index (χ1v) is 6.92. The van der Waals surface area contributed by atoms with E-state index >= 15 is 0 Å². The van der Waals surface area contributed by atoms with E-state index in [2.05, 4.69) is 0 Å². The van der Waals surface area contributed by atoms with Crippen LogP contribution in [0.2, 0.25) is 0 Å². The van der Waals surface area contributed by atoms with Crippen molar-refractivity contribution in [1.82, 2.24) is 0 Å². The maximum atomic E-state index is 11.1. The number of benzene rings is 2. The number of hydrogen-bond donors (Lipinski definition) is 2. The molecular weight excluding hydrogens is 348 g/mol. The van der Waals surface area contributed by atoms with Crippen LogP contribution in [0.1, 0.15) is 31.8 Å². The number of nitro benzene ring substituents is 2. The monoisotopic (exact) mass is 358 g/mol. The molecule has 0 radical (unpaired) electrons. The lowest BCUT2D eigenvalue weighted by atomic mass is 10.1. The summed E-state index contributed by atoms with van der Waals surface area (Å²) in [5.74, 6) is -2.66. The van der Waals surface area contributed by atoms with Crippen LogP contribution in [-0.4, -0.2) is 32.0 Å². The number of rotatable bonds is 6. The molecule has 0 aromatic heterocycles. The molecule has 0 amide bonds. The maximum Gasteiger partial charge on any atom is 0.335 e. The molecule has 0 spiro atoms. The van der Waals surface area contributed by atoms with Crippen LogP contribution < -0.4 is 0 Å². The van der Waals surface area contributed by atoms with Crippen LogP contribution in [0.5, 0.6) is 0 Å². The van der Waals surface area contributed by atoms with Crippen molar-refractivity contribution in [2.45, 2.75) is 0 Å². The lowest BCUT2D eigenvalue weighted by Gasteiger charge is -2.02. The molecule has 0 saturated carbocycles. The van der Waals surface area contributed by atoms with Crippen LogP contribution in [-0.2, 0) is 0 Å². The molecule has 0 aliphatic rings. The van der Waals surface area contributed by atoms with Gasteiger partial charge in [0.1, 0.15) is 0 Å². The molecule has 2 aromatic carbocycles. The average Bonchev–Trinajstić information content (AvgIpc) is 2.59. The number of carboxylic acid groups (broad SMARTS) is 2. The van der Waals surface area contributed by atoms with Crippen LogP contribution >= 0.6 is 0 Å². The predicted octanol–water partition coefficient (Wildman–Crippen LogP) is 3.07. The van der Waals surface area contributed by atoms with Crippen molar-refractivity contribution in [3.63, 3.8) is 0 Å². The normalized spacial score (nSPS) is 10.6. The van der Waals surface area contributed by atoms with Gasteiger partial charge in [-0.2, -0.15) is 0 Å². The van der Waals surface area contributed by atoms with E-state index in [-0.39, 0.29) is 22.3 Å². The first-order valence-electron chi connectivity index (χ1n) is 6.92. The zero-order chi connectivity index (χ0) is 19.4. The van der Waals surface area contributed by atoms with Crippen molar-refractivity contribution >= 4 is 35.5 Å². The Kier molecular flexibility index (Phi) is 5.07. The van der Waals surface area contributed by atoms with Gasteiger partial charge in [0.15, 0.2) is 0 Å². The molecule has 0 aliphatic heterocycles. The van der Waals surface area contributed by atoms with E-state index in [0.717, 1.165) is 24.3 Å². The highest BCUT2D eigenvalue weighted by atomic mass is 16.6. The van der Waals surface area contributed by atoms with Gasteiger partial charge in [0.05, 0.1) is 32.1 Å². The summed E-state index contributed by atoms with van der Waals surface area (Å²) in [5, 5.41) is 40.0. The number of nitro groups is 2. The third-order valence-corrected chi connectivity index (χ3v) is 3.39. The Morgan fingerprint density at radius 2 is 1.12 bits per heavy atom. The molecule has 0 aliphatic carbocycles. The lowest BCUT2D eigenvalue weighted by Crippen LogP contribution is -2.00. The number of nitrogens with zero attached hydrogens (tertiary/aromatic N) is 2. The molecule has 10 heteroatoms. The minimum Gasteiger partial charge on any atom is -0.478 e. The van der Waals surface area contributed by atoms with E-state index < -0.39 is 33.2 Å². The van der Waals surface area contributed by atoms with Gasteiger partial charge in [-0.05, 0) is 36.4 Å². The highest BCUT2D eigenvalue weighted by molar-refractivity contribution is 5.91. The van der Waals surface area contributed by atoms with Gasteiger partial charge in [0.25, 0.3) is 11.4 Å². The van der Waals surface area contributed by atoms with Crippen molar-refractivity contribution in [2.75, 3.05) is 0 Å².